The van der Waals surface area contributed by atoms with E-state index in [9.17, 15) is 9.90 Å². The summed E-state index contributed by atoms with van der Waals surface area (Å²) in [6.07, 6.45) is 1.51. The third-order valence-electron chi connectivity index (χ3n) is 4.41. The first-order valence-electron chi connectivity index (χ1n) is 8.38. The van der Waals surface area contributed by atoms with Crippen LogP contribution in [0.5, 0.6) is 0 Å². The molecular formula is C18H29N3O2. The van der Waals surface area contributed by atoms with E-state index < -0.39 is 0 Å². The number of likely N-dealkylation sites (tertiary alicyclic amines) is 1. The summed E-state index contributed by atoms with van der Waals surface area (Å²) in [5.41, 5.74) is 2.18. The summed E-state index contributed by atoms with van der Waals surface area (Å²) in [5.74, 6) is 0.0395. The van der Waals surface area contributed by atoms with Gasteiger partial charge < -0.3 is 15.3 Å². The minimum absolute atomic E-state index is 0.0395. The molecule has 1 aromatic carbocycles. The molecule has 2 rings (SSSR count). The van der Waals surface area contributed by atoms with Gasteiger partial charge in [-0.2, -0.15) is 0 Å². The van der Waals surface area contributed by atoms with Crippen LogP contribution < -0.4 is 5.32 Å². The van der Waals surface area contributed by atoms with E-state index in [1.54, 1.807) is 0 Å². The van der Waals surface area contributed by atoms with E-state index in [-0.39, 0.29) is 18.1 Å². The van der Waals surface area contributed by atoms with Gasteiger partial charge in [-0.1, -0.05) is 29.8 Å². The topological polar surface area (TPSA) is 55.8 Å². The molecule has 1 amide bonds. The molecule has 1 aliphatic heterocycles. The fourth-order valence-electron chi connectivity index (χ4n) is 3.10. The van der Waals surface area contributed by atoms with Crippen LogP contribution in [0.4, 0.5) is 0 Å². The first-order chi connectivity index (χ1) is 11.0. The second-order valence-electron chi connectivity index (χ2n) is 6.64. The number of likely N-dealkylation sites (N-methyl/N-ethyl adjacent to an activating group) is 1. The number of aliphatic hydroxyl groups is 1. The van der Waals surface area contributed by atoms with E-state index >= 15 is 0 Å². The van der Waals surface area contributed by atoms with Crippen molar-refractivity contribution in [3.05, 3.63) is 35.4 Å². The van der Waals surface area contributed by atoms with Crippen LogP contribution in [0.3, 0.4) is 0 Å². The van der Waals surface area contributed by atoms with Gasteiger partial charge >= 0.3 is 0 Å². The van der Waals surface area contributed by atoms with Crippen LogP contribution >= 0.6 is 0 Å². The van der Waals surface area contributed by atoms with Crippen LogP contribution in [-0.4, -0.2) is 67.2 Å². The Morgan fingerprint density at radius 3 is 2.70 bits per heavy atom. The van der Waals surface area contributed by atoms with Crippen molar-refractivity contribution in [3.8, 4) is 0 Å². The van der Waals surface area contributed by atoms with Crippen LogP contribution in [0.25, 0.3) is 0 Å². The molecule has 1 heterocycles. The molecule has 1 aromatic rings. The van der Waals surface area contributed by atoms with Gasteiger partial charge in [0.25, 0.3) is 0 Å². The van der Waals surface area contributed by atoms with Gasteiger partial charge in [0.1, 0.15) is 6.04 Å². The minimum Gasteiger partial charge on any atom is -0.393 e. The lowest BCUT2D eigenvalue weighted by molar-refractivity contribution is -0.125. The number of carbonyl (C=O) groups is 1. The van der Waals surface area contributed by atoms with Crippen molar-refractivity contribution in [2.45, 2.75) is 31.9 Å². The second-order valence-corrected chi connectivity index (χ2v) is 6.64. The molecule has 1 aliphatic rings. The van der Waals surface area contributed by atoms with Crippen LogP contribution in [0.2, 0.25) is 0 Å². The normalized spacial score (nSPS) is 18.1. The van der Waals surface area contributed by atoms with E-state index in [4.69, 9.17) is 0 Å². The minimum atomic E-state index is -0.266. The molecule has 128 valence electrons. The zero-order chi connectivity index (χ0) is 16.8. The van der Waals surface area contributed by atoms with Gasteiger partial charge in [0.15, 0.2) is 0 Å². The number of benzene rings is 1. The van der Waals surface area contributed by atoms with Crippen molar-refractivity contribution in [1.82, 2.24) is 15.1 Å². The van der Waals surface area contributed by atoms with Gasteiger partial charge in [0.05, 0.1) is 6.10 Å². The van der Waals surface area contributed by atoms with Gasteiger partial charge in [0, 0.05) is 26.2 Å². The maximum absolute atomic E-state index is 12.6. The largest absolute Gasteiger partial charge is 0.393 e. The predicted molar refractivity (Wildman–Crippen MR) is 92.3 cm³/mol. The lowest BCUT2D eigenvalue weighted by Gasteiger charge is -2.30. The van der Waals surface area contributed by atoms with Gasteiger partial charge in [0.2, 0.25) is 5.91 Å². The zero-order valence-electron chi connectivity index (χ0n) is 14.5. The zero-order valence-corrected chi connectivity index (χ0v) is 14.5. The summed E-state index contributed by atoms with van der Waals surface area (Å²) >= 11 is 0. The molecule has 0 saturated carbocycles. The van der Waals surface area contributed by atoms with Crippen molar-refractivity contribution in [3.63, 3.8) is 0 Å². The van der Waals surface area contributed by atoms with E-state index in [2.05, 4.69) is 16.3 Å². The van der Waals surface area contributed by atoms with Crippen LogP contribution in [0.15, 0.2) is 24.3 Å². The fraction of sp³-hybridized carbons (Fsp3) is 0.611. The average Bonchev–Trinajstić information content (AvgIpc) is 2.49. The Morgan fingerprint density at radius 2 is 2.09 bits per heavy atom. The summed E-state index contributed by atoms with van der Waals surface area (Å²) in [7, 11) is 3.86. The molecular weight excluding hydrogens is 290 g/mol. The van der Waals surface area contributed by atoms with Crippen molar-refractivity contribution in [2.75, 3.05) is 40.3 Å². The molecule has 0 aliphatic carbocycles. The highest BCUT2D eigenvalue weighted by Gasteiger charge is 2.23. The molecule has 5 nitrogen and oxygen atoms in total. The third-order valence-corrected chi connectivity index (χ3v) is 4.41. The number of piperidine rings is 1. The first kappa shape index (κ1) is 17.9. The molecule has 5 heteroatoms. The van der Waals surface area contributed by atoms with Gasteiger partial charge in [-0.3, -0.25) is 9.69 Å². The Morgan fingerprint density at radius 1 is 1.39 bits per heavy atom. The van der Waals surface area contributed by atoms with Crippen LogP contribution in [0, 0.1) is 6.92 Å². The molecule has 1 saturated heterocycles. The molecule has 0 aromatic heterocycles. The smallest absolute Gasteiger partial charge is 0.241 e. The Balaban J connectivity index is 1.86. The summed E-state index contributed by atoms with van der Waals surface area (Å²) in [5, 5.41) is 12.6. The van der Waals surface area contributed by atoms with E-state index in [1.165, 1.54) is 0 Å². The molecule has 1 atom stereocenters. The lowest BCUT2D eigenvalue weighted by atomic mass is 10.0. The Kier molecular flexibility index (Phi) is 6.57. The van der Waals surface area contributed by atoms with E-state index in [1.807, 2.05) is 44.1 Å². The van der Waals surface area contributed by atoms with Gasteiger partial charge in [-0.15, -0.1) is 0 Å². The quantitative estimate of drug-likeness (QED) is 0.826. The molecule has 1 fully saturated rings. The van der Waals surface area contributed by atoms with Crippen molar-refractivity contribution >= 4 is 5.91 Å². The number of hydrogen-bond acceptors (Lipinski definition) is 4. The standard InChI is InChI=1S/C18H29N3O2/c1-14-5-4-6-15(13-14)17(20(2)3)18(23)19-9-12-21-10-7-16(22)8-11-21/h4-6,13,16-17,22H,7-12H2,1-3H3,(H,19,23). The van der Waals surface area contributed by atoms with Gasteiger partial charge in [-0.25, -0.2) is 0 Å². The number of hydrogen-bond donors (Lipinski definition) is 2. The molecule has 23 heavy (non-hydrogen) atoms. The first-order valence-corrected chi connectivity index (χ1v) is 8.38. The highest BCUT2D eigenvalue weighted by atomic mass is 16.3. The maximum Gasteiger partial charge on any atom is 0.241 e. The van der Waals surface area contributed by atoms with Gasteiger partial charge in [-0.05, 0) is 39.4 Å². The average molecular weight is 319 g/mol. The Hall–Kier alpha value is -1.43. The molecule has 0 spiro atoms. The monoisotopic (exact) mass is 319 g/mol. The number of carbonyl (C=O) groups excluding carboxylic acids is 1. The van der Waals surface area contributed by atoms with E-state index in [0.29, 0.717) is 6.54 Å². The summed E-state index contributed by atoms with van der Waals surface area (Å²) < 4.78 is 0. The second kappa shape index (κ2) is 8.43. The fourth-order valence-corrected chi connectivity index (χ4v) is 3.10. The molecule has 2 N–H and O–H groups in total. The van der Waals surface area contributed by atoms with E-state index in [0.717, 1.165) is 43.6 Å². The molecule has 1 unspecified atom stereocenters. The lowest BCUT2D eigenvalue weighted by Crippen LogP contribution is -2.43. The number of aryl methyl sites for hydroxylation is 1. The number of rotatable bonds is 6. The maximum atomic E-state index is 12.6. The summed E-state index contributed by atoms with van der Waals surface area (Å²) in [6.45, 7) is 5.34. The Bertz CT molecular complexity index is 511. The van der Waals surface area contributed by atoms with Crippen LogP contribution in [-0.2, 0) is 4.79 Å². The highest BCUT2D eigenvalue weighted by Crippen LogP contribution is 2.19. The van der Waals surface area contributed by atoms with Crippen molar-refractivity contribution in [2.24, 2.45) is 0 Å². The number of aliphatic hydroxyl groups excluding tert-OH is 1. The highest BCUT2D eigenvalue weighted by molar-refractivity contribution is 5.83. The predicted octanol–water partition coefficient (Wildman–Crippen LogP) is 1.17. The van der Waals surface area contributed by atoms with Crippen LogP contribution in [0.1, 0.15) is 30.0 Å². The molecule has 0 radical (unpaired) electrons. The molecule has 0 bridgehead atoms. The van der Waals surface area contributed by atoms with Crippen molar-refractivity contribution < 1.29 is 9.90 Å². The number of nitrogens with zero attached hydrogens (tertiary/aromatic N) is 2. The number of amides is 1. The number of nitrogens with one attached hydrogen (secondary N) is 1. The SMILES string of the molecule is Cc1cccc(C(C(=O)NCCN2CCC(O)CC2)N(C)C)c1. The summed E-state index contributed by atoms with van der Waals surface area (Å²) in [4.78, 5) is 16.8. The summed E-state index contributed by atoms with van der Waals surface area (Å²) in [6, 6.07) is 7.84. The third kappa shape index (κ3) is 5.30. The van der Waals surface area contributed by atoms with Crippen molar-refractivity contribution in [1.29, 1.82) is 0 Å². The Labute approximate surface area is 139 Å².